The molecular weight excluding hydrogens is 212 g/mol. The normalized spacial score (nSPS) is 13.8. The largest absolute Gasteiger partial charge is 0.294 e. The van der Waals surface area contributed by atoms with Crippen molar-refractivity contribution in [2.45, 2.75) is 31.6 Å². The molecule has 1 atom stereocenters. The number of rotatable bonds is 4. The lowest BCUT2D eigenvalue weighted by Crippen LogP contribution is -2.00. The van der Waals surface area contributed by atoms with E-state index < -0.39 is 10.1 Å². The van der Waals surface area contributed by atoms with Crippen molar-refractivity contribution in [1.82, 2.24) is 0 Å². The van der Waals surface area contributed by atoms with Crippen molar-refractivity contribution in [3.05, 3.63) is 29.8 Å². The quantitative estimate of drug-likeness (QED) is 0.806. The van der Waals surface area contributed by atoms with Gasteiger partial charge in [-0.3, -0.25) is 4.55 Å². The van der Waals surface area contributed by atoms with E-state index in [0.717, 1.165) is 18.4 Å². The lowest BCUT2D eigenvalue weighted by atomic mass is 9.99. The maximum Gasteiger partial charge on any atom is 0.294 e. The molecule has 0 aliphatic heterocycles. The highest BCUT2D eigenvalue weighted by Crippen LogP contribution is 2.14. The van der Waals surface area contributed by atoms with E-state index in [0.29, 0.717) is 5.92 Å². The third kappa shape index (κ3) is 3.64. The average Bonchev–Trinajstić information content (AvgIpc) is 2.17. The summed E-state index contributed by atoms with van der Waals surface area (Å²) < 4.78 is 30.3. The van der Waals surface area contributed by atoms with Crippen LogP contribution in [0.25, 0.3) is 0 Å². The topological polar surface area (TPSA) is 54.4 Å². The van der Waals surface area contributed by atoms with Gasteiger partial charge in [0.1, 0.15) is 0 Å². The second-order valence-electron chi connectivity index (χ2n) is 3.84. The van der Waals surface area contributed by atoms with E-state index in [2.05, 4.69) is 13.8 Å². The van der Waals surface area contributed by atoms with Crippen molar-refractivity contribution in [2.75, 3.05) is 0 Å². The molecule has 0 aromatic heterocycles. The van der Waals surface area contributed by atoms with Crippen molar-refractivity contribution in [2.24, 2.45) is 5.92 Å². The van der Waals surface area contributed by atoms with Gasteiger partial charge in [-0.2, -0.15) is 8.42 Å². The first-order chi connectivity index (χ1) is 6.93. The minimum atomic E-state index is -4.05. The molecule has 0 saturated heterocycles. The third-order valence-corrected chi connectivity index (χ3v) is 3.37. The maximum atomic E-state index is 10.8. The van der Waals surface area contributed by atoms with Crippen molar-refractivity contribution < 1.29 is 13.0 Å². The molecule has 1 aromatic rings. The third-order valence-electron chi connectivity index (χ3n) is 2.50. The molecule has 4 heteroatoms. The number of hydrogen-bond donors (Lipinski definition) is 1. The standard InChI is InChI=1S/C11H16O3S/c1-3-9(2)8-10-4-6-11(7-5-10)15(12,13)14/h4-7,9H,3,8H2,1-2H3,(H,12,13,14). The highest BCUT2D eigenvalue weighted by Gasteiger charge is 2.08. The van der Waals surface area contributed by atoms with Gasteiger partial charge in [0.25, 0.3) is 10.1 Å². The SMILES string of the molecule is CCC(C)Cc1ccc(S(=O)(=O)O)cc1. The zero-order chi connectivity index (χ0) is 11.5. The first-order valence-corrected chi connectivity index (χ1v) is 6.44. The summed E-state index contributed by atoms with van der Waals surface area (Å²) in [6.07, 6.45) is 2.03. The molecule has 1 unspecified atom stereocenters. The Kier molecular flexibility index (Phi) is 3.88. The van der Waals surface area contributed by atoms with Gasteiger partial charge in [0.2, 0.25) is 0 Å². The molecule has 0 bridgehead atoms. The van der Waals surface area contributed by atoms with Gasteiger partial charge in [-0.1, -0.05) is 32.4 Å². The van der Waals surface area contributed by atoms with Crippen LogP contribution in [-0.2, 0) is 16.5 Å². The van der Waals surface area contributed by atoms with Gasteiger partial charge in [-0.25, -0.2) is 0 Å². The van der Waals surface area contributed by atoms with E-state index in [4.69, 9.17) is 4.55 Å². The van der Waals surface area contributed by atoms with Crippen molar-refractivity contribution in [1.29, 1.82) is 0 Å². The van der Waals surface area contributed by atoms with Gasteiger partial charge in [0, 0.05) is 0 Å². The Morgan fingerprint density at radius 1 is 1.27 bits per heavy atom. The molecule has 0 fully saturated rings. The molecule has 84 valence electrons. The minimum Gasteiger partial charge on any atom is -0.282 e. The van der Waals surface area contributed by atoms with Gasteiger partial charge in [0.15, 0.2) is 0 Å². The molecule has 0 heterocycles. The summed E-state index contributed by atoms with van der Waals surface area (Å²) in [5.41, 5.74) is 1.09. The second kappa shape index (κ2) is 4.77. The van der Waals surface area contributed by atoms with Crippen LogP contribution in [0.5, 0.6) is 0 Å². The van der Waals surface area contributed by atoms with E-state index in [9.17, 15) is 8.42 Å². The monoisotopic (exact) mass is 228 g/mol. The Morgan fingerprint density at radius 2 is 1.80 bits per heavy atom. The van der Waals surface area contributed by atoms with E-state index in [1.807, 2.05) is 0 Å². The molecule has 0 aliphatic rings. The van der Waals surface area contributed by atoms with Gasteiger partial charge in [-0.05, 0) is 30.0 Å². The lowest BCUT2D eigenvalue weighted by Gasteiger charge is -2.08. The van der Waals surface area contributed by atoms with E-state index >= 15 is 0 Å². The average molecular weight is 228 g/mol. The van der Waals surface area contributed by atoms with Crippen molar-refractivity contribution in [3.8, 4) is 0 Å². The van der Waals surface area contributed by atoms with Crippen molar-refractivity contribution in [3.63, 3.8) is 0 Å². The summed E-state index contributed by atoms with van der Waals surface area (Å²) in [6.45, 7) is 4.27. The molecule has 0 saturated carbocycles. The highest BCUT2D eigenvalue weighted by molar-refractivity contribution is 7.85. The fourth-order valence-corrected chi connectivity index (χ4v) is 1.82. The number of hydrogen-bond acceptors (Lipinski definition) is 2. The summed E-state index contributed by atoms with van der Waals surface area (Å²) in [5.74, 6) is 0.585. The van der Waals surface area contributed by atoms with Crippen LogP contribution in [0.4, 0.5) is 0 Å². The van der Waals surface area contributed by atoms with Crippen molar-refractivity contribution >= 4 is 10.1 Å². The van der Waals surface area contributed by atoms with E-state index in [-0.39, 0.29) is 4.90 Å². The van der Waals surface area contributed by atoms with Crippen LogP contribution in [0.1, 0.15) is 25.8 Å². The van der Waals surface area contributed by atoms with Crippen LogP contribution in [-0.4, -0.2) is 13.0 Å². The van der Waals surface area contributed by atoms with Gasteiger partial charge in [0.05, 0.1) is 4.90 Å². The Balaban J connectivity index is 2.82. The first kappa shape index (κ1) is 12.2. The minimum absolute atomic E-state index is 0.0459. The summed E-state index contributed by atoms with van der Waals surface area (Å²) in [5, 5.41) is 0. The Hall–Kier alpha value is -0.870. The zero-order valence-electron chi connectivity index (χ0n) is 8.97. The zero-order valence-corrected chi connectivity index (χ0v) is 9.79. The summed E-state index contributed by atoms with van der Waals surface area (Å²) >= 11 is 0. The molecule has 0 spiro atoms. The molecule has 0 radical (unpaired) electrons. The van der Waals surface area contributed by atoms with Gasteiger partial charge >= 0.3 is 0 Å². The Labute approximate surface area is 90.9 Å². The first-order valence-electron chi connectivity index (χ1n) is 5.00. The molecule has 15 heavy (non-hydrogen) atoms. The summed E-state index contributed by atoms with van der Waals surface area (Å²) in [6, 6.07) is 6.37. The molecule has 1 rings (SSSR count). The van der Waals surface area contributed by atoms with Gasteiger partial charge in [-0.15, -0.1) is 0 Å². The number of benzene rings is 1. The van der Waals surface area contributed by atoms with Crippen LogP contribution in [0, 0.1) is 5.92 Å². The fourth-order valence-electron chi connectivity index (χ4n) is 1.34. The Bertz CT molecular complexity index is 406. The van der Waals surface area contributed by atoms with Crippen LogP contribution in [0.2, 0.25) is 0 Å². The molecule has 3 nitrogen and oxygen atoms in total. The molecule has 1 N–H and O–H groups in total. The fraction of sp³-hybridized carbons (Fsp3) is 0.455. The second-order valence-corrected chi connectivity index (χ2v) is 5.26. The van der Waals surface area contributed by atoms with E-state index in [1.165, 1.54) is 12.1 Å². The molecule has 0 amide bonds. The van der Waals surface area contributed by atoms with Crippen LogP contribution >= 0.6 is 0 Å². The van der Waals surface area contributed by atoms with Gasteiger partial charge < -0.3 is 0 Å². The maximum absolute atomic E-state index is 10.8. The predicted octanol–water partition coefficient (Wildman–Crippen LogP) is 2.52. The molecule has 0 aliphatic carbocycles. The summed E-state index contributed by atoms with van der Waals surface area (Å²) in [4.78, 5) is -0.0459. The van der Waals surface area contributed by atoms with Crippen LogP contribution < -0.4 is 0 Å². The van der Waals surface area contributed by atoms with Crippen LogP contribution in [0.15, 0.2) is 29.2 Å². The smallest absolute Gasteiger partial charge is 0.282 e. The highest BCUT2D eigenvalue weighted by atomic mass is 32.2. The van der Waals surface area contributed by atoms with E-state index in [1.54, 1.807) is 12.1 Å². The summed E-state index contributed by atoms with van der Waals surface area (Å²) in [7, 11) is -4.05. The Morgan fingerprint density at radius 3 is 2.20 bits per heavy atom. The lowest BCUT2D eigenvalue weighted by molar-refractivity contribution is 0.483. The molecular formula is C11H16O3S. The van der Waals surface area contributed by atoms with Crippen LogP contribution in [0.3, 0.4) is 0 Å². The molecule has 1 aromatic carbocycles. The predicted molar refractivity (Wildman–Crippen MR) is 59.4 cm³/mol.